The van der Waals surface area contributed by atoms with Crippen molar-refractivity contribution in [3.8, 4) is 10.6 Å². The number of piperazine rings is 1. The van der Waals surface area contributed by atoms with Gasteiger partial charge in [0, 0.05) is 36.6 Å². The Balaban J connectivity index is 0.00000182. The summed E-state index contributed by atoms with van der Waals surface area (Å²) in [6, 6.07) is 5.21. The molecule has 0 saturated carbocycles. The Hall–Kier alpha value is -1.35. The summed E-state index contributed by atoms with van der Waals surface area (Å²) in [5.41, 5.74) is 0.301. The van der Waals surface area contributed by atoms with Gasteiger partial charge in [-0.15, -0.1) is 36.2 Å². The molecule has 0 spiro atoms. The Bertz CT molecular complexity index is 770. The number of carbonyl (C=O) groups is 1. The van der Waals surface area contributed by atoms with Gasteiger partial charge in [-0.25, -0.2) is 4.98 Å². The quantitative estimate of drug-likeness (QED) is 0.781. The molecular formula is C17H20Cl2F3N3OS. The van der Waals surface area contributed by atoms with Crippen molar-refractivity contribution in [3.63, 3.8) is 0 Å². The van der Waals surface area contributed by atoms with Gasteiger partial charge in [-0.05, 0) is 19.1 Å². The van der Waals surface area contributed by atoms with Gasteiger partial charge in [-0.1, -0.05) is 12.1 Å². The molecule has 1 aromatic heterocycles. The minimum atomic E-state index is -4.38. The number of hydrogen-bond acceptors (Lipinski definition) is 4. The molecule has 0 bridgehead atoms. The number of amides is 1. The molecule has 150 valence electrons. The molecule has 1 N–H and O–H groups in total. The Morgan fingerprint density at radius 1 is 1.37 bits per heavy atom. The van der Waals surface area contributed by atoms with Crippen LogP contribution in [0.3, 0.4) is 0 Å². The third-order valence-corrected chi connectivity index (χ3v) is 5.08. The van der Waals surface area contributed by atoms with Gasteiger partial charge in [0.25, 0.3) is 0 Å². The van der Waals surface area contributed by atoms with Crippen LogP contribution in [0.2, 0.25) is 0 Å². The topological polar surface area (TPSA) is 45.2 Å². The van der Waals surface area contributed by atoms with E-state index in [1.54, 1.807) is 11.4 Å². The fraction of sp³-hybridized carbons (Fsp3) is 0.412. The predicted octanol–water partition coefficient (Wildman–Crippen LogP) is 4.04. The highest BCUT2D eigenvalue weighted by molar-refractivity contribution is 7.13. The van der Waals surface area contributed by atoms with Gasteiger partial charge < -0.3 is 10.2 Å². The van der Waals surface area contributed by atoms with Gasteiger partial charge in [0.05, 0.1) is 17.7 Å². The number of carbonyl (C=O) groups excluding carboxylic acids is 1. The molecule has 1 aromatic carbocycles. The number of thiazole rings is 1. The maximum Gasteiger partial charge on any atom is 0.416 e. The lowest BCUT2D eigenvalue weighted by atomic mass is 10.1. The van der Waals surface area contributed by atoms with Crippen LogP contribution >= 0.6 is 36.2 Å². The number of nitrogens with one attached hydrogen (secondary N) is 1. The van der Waals surface area contributed by atoms with E-state index in [9.17, 15) is 18.0 Å². The zero-order chi connectivity index (χ0) is 18.0. The molecule has 0 radical (unpaired) electrons. The minimum Gasteiger partial charge on any atom is -0.337 e. The van der Waals surface area contributed by atoms with Crippen LogP contribution in [0.5, 0.6) is 0 Å². The van der Waals surface area contributed by atoms with Crippen molar-refractivity contribution in [2.24, 2.45) is 0 Å². The smallest absolute Gasteiger partial charge is 0.337 e. The van der Waals surface area contributed by atoms with Crippen molar-refractivity contribution in [3.05, 3.63) is 40.9 Å². The molecular weight excluding hydrogens is 422 g/mol. The largest absolute Gasteiger partial charge is 0.416 e. The normalized spacial score (nSPS) is 17.0. The summed E-state index contributed by atoms with van der Waals surface area (Å²) in [6.45, 7) is 4.17. The van der Waals surface area contributed by atoms with E-state index in [1.165, 1.54) is 17.4 Å². The first-order valence-electron chi connectivity index (χ1n) is 7.97. The molecule has 10 heteroatoms. The average molecular weight is 442 g/mol. The SMILES string of the molecule is C[C@@H]1CNCCN1C(=O)Cc1csc(-c2cccc(C(F)(F)F)c2)n1.Cl.Cl. The standard InChI is InChI=1S/C17H18F3N3OS.2ClH/c1-11-9-21-5-6-23(11)15(24)8-14-10-25-16(22-14)12-3-2-4-13(7-12)17(18,19)20;;/h2-4,7,10-11,21H,5-6,8-9H2,1H3;2*1H/t11-;;/m1../s1. The lowest BCUT2D eigenvalue weighted by Gasteiger charge is -2.33. The second-order valence-corrected chi connectivity index (χ2v) is 6.90. The lowest BCUT2D eigenvalue weighted by Crippen LogP contribution is -2.52. The number of halogens is 5. The first-order valence-corrected chi connectivity index (χ1v) is 8.85. The molecule has 1 atom stereocenters. The van der Waals surface area contributed by atoms with Crippen LogP contribution in [0, 0.1) is 0 Å². The van der Waals surface area contributed by atoms with Gasteiger partial charge in [-0.3, -0.25) is 4.79 Å². The van der Waals surface area contributed by atoms with Crippen LogP contribution in [0.1, 0.15) is 18.2 Å². The molecule has 1 aliphatic rings. The zero-order valence-electron chi connectivity index (χ0n) is 14.5. The van der Waals surface area contributed by atoms with Crippen LogP contribution in [-0.4, -0.2) is 41.5 Å². The van der Waals surface area contributed by atoms with E-state index < -0.39 is 11.7 Å². The Labute approximate surface area is 172 Å². The molecule has 1 aliphatic heterocycles. The number of alkyl halides is 3. The second kappa shape index (κ2) is 9.73. The van der Waals surface area contributed by atoms with Crippen LogP contribution in [-0.2, 0) is 17.4 Å². The third kappa shape index (κ3) is 5.81. The van der Waals surface area contributed by atoms with Gasteiger partial charge in [0.15, 0.2) is 0 Å². The van der Waals surface area contributed by atoms with Gasteiger partial charge in [0.2, 0.25) is 5.91 Å². The summed E-state index contributed by atoms with van der Waals surface area (Å²) in [5.74, 6) is -0.00473. The number of nitrogens with zero attached hydrogens (tertiary/aromatic N) is 2. The number of aromatic nitrogens is 1. The summed E-state index contributed by atoms with van der Waals surface area (Å²) >= 11 is 1.25. The fourth-order valence-corrected chi connectivity index (χ4v) is 3.63. The van der Waals surface area contributed by atoms with Crippen molar-refractivity contribution >= 4 is 42.1 Å². The molecule has 1 amide bonds. The number of hydrogen-bond donors (Lipinski definition) is 1. The highest BCUT2D eigenvalue weighted by atomic mass is 35.5. The molecule has 4 nitrogen and oxygen atoms in total. The molecule has 0 unspecified atom stereocenters. The lowest BCUT2D eigenvalue weighted by molar-refractivity contribution is -0.137. The Kier molecular flexibility index (Phi) is 8.53. The van der Waals surface area contributed by atoms with E-state index in [1.807, 2.05) is 11.8 Å². The number of rotatable bonds is 3. The van der Waals surface area contributed by atoms with Gasteiger partial charge in [0.1, 0.15) is 5.01 Å². The van der Waals surface area contributed by atoms with Crippen molar-refractivity contribution in [1.82, 2.24) is 15.2 Å². The number of benzene rings is 1. The highest BCUT2D eigenvalue weighted by Gasteiger charge is 2.30. The summed E-state index contributed by atoms with van der Waals surface area (Å²) in [4.78, 5) is 18.6. The highest BCUT2D eigenvalue weighted by Crippen LogP contribution is 2.33. The molecule has 1 saturated heterocycles. The summed E-state index contributed by atoms with van der Waals surface area (Å²) in [5, 5.41) is 5.45. The summed E-state index contributed by atoms with van der Waals surface area (Å²) < 4.78 is 38.5. The van der Waals surface area contributed by atoms with E-state index in [2.05, 4.69) is 10.3 Å². The maximum atomic E-state index is 12.8. The van der Waals surface area contributed by atoms with Crippen molar-refractivity contribution in [2.75, 3.05) is 19.6 Å². The Morgan fingerprint density at radius 2 is 2.11 bits per heavy atom. The zero-order valence-corrected chi connectivity index (χ0v) is 16.9. The minimum absolute atomic E-state index is 0. The van der Waals surface area contributed by atoms with Gasteiger partial charge >= 0.3 is 6.18 Å². The van der Waals surface area contributed by atoms with E-state index in [-0.39, 0.29) is 43.2 Å². The van der Waals surface area contributed by atoms with Crippen molar-refractivity contribution in [1.29, 1.82) is 0 Å². The van der Waals surface area contributed by atoms with Crippen LogP contribution < -0.4 is 5.32 Å². The monoisotopic (exact) mass is 441 g/mol. The average Bonchev–Trinajstić information content (AvgIpc) is 3.03. The second-order valence-electron chi connectivity index (χ2n) is 6.04. The molecule has 2 aromatic rings. The van der Waals surface area contributed by atoms with Gasteiger partial charge in [-0.2, -0.15) is 13.2 Å². The van der Waals surface area contributed by atoms with Crippen LogP contribution in [0.25, 0.3) is 10.6 Å². The molecule has 1 fully saturated rings. The molecule has 3 rings (SSSR count). The molecule has 27 heavy (non-hydrogen) atoms. The van der Waals surface area contributed by atoms with Crippen molar-refractivity contribution < 1.29 is 18.0 Å². The van der Waals surface area contributed by atoms with E-state index in [0.29, 0.717) is 22.8 Å². The van der Waals surface area contributed by atoms with E-state index >= 15 is 0 Å². The first-order chi connectivity index (χ1) is 11.8. The first kappa shape index (κ1) is 23.7. The van der Waals surface area contributed by atoms with E-state index in [4.69, 9.17) is 0 Å². The predicted molar refractivity (Wildman–Crippen MR) is 105 cm³/mol. The Morgan fingerprint density at radius 3 is 2.78 bits per heavy atom. The van der Waals surface area contributed by atoms with Crippen molar-refractivity contribution in [2.45, 2.75) is 25.6 Å². The van der Waals surface area contributed by atoms with E-state index in [0.717, 1.165) is 25.2 Å². The van der Waals surface area contributed by atoms with Crippen LogP contribution in [0.4, 0.5) is 13.2 Å². The molecule has 2 heterocycles. The molecule has 0 aliphatic carbocycles. The fourth-order valence-electron chi connectivity index (χ4n) is 2.82. The van der Waals surface area contributed by atoms with Crippen LogP contribution in [0.15, 0.2) is 29.6 Å². The maximum absolute atomic E-state index is 12.8. The third-order valence-electron chi connectivity index (χ3n) is 4.14. The summed E-state index contributed by atoms with van der Waals surface area (Å²) in [6.07, 6.45) is -4.22. The summed E-state index contributed by atoms with van der Waals surface area (Å²) in [7, 11) is 0.